The molecule has 1 unspecified atom stereocenters. The molecule has 0 amide bonds. The van der Waals surface area contributed by atoms with Gasteiger partial charge in [-0.15, -0.1) is 0 Å². The van der Waals surface area contributed by atoms with Gasteiger partial charge in [-0.25, -0.2) is 14.8 Å². The Bertz CT molecular complexity index is 666. The fourth-order valence-corrected chi connectivity index (χ4v) is 1.97. The Morgan fingerprint density at radius 1 is 1.22 bits per heavy atom. The van der Waals surface area contributed by atoms with Gasteiger partial charge in [-0.05, 0) is 19.3 Å². The molecule has 0 aliphatic rings. The molecule has 8 nitrogen and oxygen atoms in total. The number of hydrogen-bond donors (Lipinski definition) is 4. The molecular formula is C12H15F3N6O2. The summed E-state index contributed by atoms with van der Waals surface area (Å²) in [5.74, 6) is -1.99. The minimum absolute atomic E-state index is 0.0226. The first-order valence-corrected chi connectivity index (χ1v) is 6.63. The molecular weight excluding hydrogens is 317 g/mol. The number of nitrogens with one attached hydrogen (secondary N) is 2. The van der Waals surface area contributed by atoms with Crippen LogP contribution in [0.4, 0.5) is 25.1 Å². The molecule has 6 N–H and O–H groups in total. The lowest BCUT2D eigenvalue weighted by molar-refractivity contribution is -0.205. The molecule has 0 radical (unpaired) electrons. The predicted molar refractivity (Wildman–Crippen MR) is 73.8 cm³/mol. The van der Waals surface area contributed by atoms with Crippen LogP contribution in [0.15, 0.2) is 12.4 Å². The number of imidazole rings is 2. The van der Waals surface area contributed by atoms with Crippen molar-refractivity contribution < 1.29 is 22.7 Å². The van der Waals surface area contributed by atoms with Gasteiger partial charge >= 0.3 is 12.1 Å². The molecule has 0 bridgehead atoms. The Kier molecular flexibility index (Phi) is 4.77. The summed E-state index contributed by atoms with van der Waals surface area (Å²) >= 11 is 0. The topological polar surface area (TPSA) is 136 Å². The van der Waals surface area contributed by atoms with Gasteiger partial charge in [0.05, 0.1) is 18.1 Å². The maximum Gasteiger partial charge on any atom is 0.490 e. The maximum absolute atomic E-state index is 12.4. The molecule has 0 saturated carbocycles. The fourth-order valence-electron chi connectivity index (χ4n) is 1.97. The lowest BCUT2D eigenvalue weighted by atomic mass is 10.1. The highest BCUT2D eigenvalue weighted by Gasteiger charge is 2.42. The van der Waals surface area contributed by atoms with Crippen LogP contribution in [-0.4, -0.2) is 32.1 Å². The summed E-state index contributed by atoms with van der Waals surface area (Å²) in [6.45, 7) is 0. The number of nitrogen functional groups attached to an aromatic ring is 2. The van der Waals surface area contributed by atoms with Crippen molar-refractivity contribution in [1.29, 1.82) is 0 Å². The maximum atomic E-state index is 12.4. The molecule has 126 valence electrons. The van der Waals surface area contributed by atoms with Gasteiger partial charge in [0, 0.05) is 5.69 Å². The van der Waals surface area contributed by atoms with E-state index < -0.39 is 18.2 Å². The molecule has 0 aliphatic heterocycles. The largest absolute Gasteiger partial charge is 0.490 e. The van der Waals surface area contributed by atoms with Gasteiger partial charge in [0.1, 0.15) is 6.10 Å². The molecule has 0 spiro atoms. The van der Waals surface area contributed by atoms with Gasteiger partial charge in [0.2, 0.25) is 0 Å². The van der Waals surface area contributed by atoms with Gasteiger partial charge in [0.15, 0.2) is 11.9 Å². The number of aryl methyl sites for hydroxylation is 1. The summed E-state index contributed by atoms with van der Waals surface area (Å²) in [6, 6.07) is 0. The Balaban J connectivity index is 2.00. The first-order valence-electron chi connectivity index (χ1n) is 6.63. The number of carbonyl (C=O) groups excluding carboxylic acids is 1. The van der Waals surface area contributed by atoms with Crippen molar-refractivity contribution in [3.8, 4) is 0 Å². The highest BCUT2D eigenvalue weighted by molar-refractivity contribution is 5.75. The summed E-state index contributed by atoms with van der Waals surface area (Å²) < 4.78 is 41.6. The van der Waals surface area contributed by atoms with Crippen molar-refractivity contribution in [2.24, 2.45) is 0 Å². The molecule has 0 fully saturated rings. The lowest BCUT2D eigenvalue weighted by Crippen LogP contribution is -2.27. The first kappa shape index (κ1) is 16.6. The third-order valence-corrected chi connectivity index (χ3v) is 3.00. The van der Waals surface area contributed by atoms with Gasteiger partial charge in [0.25, 0.3) is 0 Å². The van der Waals surface area contributed by atoms with Crippen LogP contribution in [0, 0.1) is 0 Å². The van der Waals surface area contributed by atoms with E-state index in [1.54, 1.807) is 0 Å². The van der Waals surface area contributed by atoms with E-state index in [1.165, 1.54) is 12.4 Å². The number of nitrogens with two attached hydrogens (primary N) is 2. The lowest BCUT2D eigenvalue weighted by Gasteiger charge is -2.17. The zero-order chi connectivity index (χ0) is 17.0. The molecule has 11 heteroatoms. The predicted octanol–water partition coefficient (Wildman–Crippen LogP) is 1.47. The van der Waals surface area contributed by atoms with Crippen molar-refractivity contribution in [3.05, 3.63) is 23.8 Å². The van der Waals surface area contributed by atoms with E-state index in [9.17, 15) is 18.0 Å². The number of rotatable bonds is 6. The van der Waals surface area contributed by atoms with E-state index in [0.29, 0.717) is 12.8 Å². The van der Waals surface area contributed by atoms with Gasteiger partial charge in [-0.3, -0.25) is 0 Å². The molecule has 2 aromatic heterocycles. The van der Waals surface area contributed by atoms with Crippen molar-refractivity contribution in [2.75, 3.05) is 11.5 Å². The Morgan fingerprint density at radius 2 is 1.87 bits per heavy atom. The van der Waals surface area contributed by atoms with Gasteiger partial charge < -0.3 is 26.2 Å². The number of anilines is 2. The number of aromatic nitrogens is 4. The van der Waals surface area contributed by atoms with E-state index in [4.69, 9.17) is 11.5 Å². The van der Waals surface area contributed by atoms with E-state index in [1.807, 2.05) is 0 Å². The standard InChI is InChI=1S/C12H15F3N6O2/c13-12(14,15)9(22)23-8(7-5-19-11(17)21-7)3-1-2-6-4-18-10(16)20-6/h4-5,8H,1-3H2,(H3,16,18,20)(H3,17,19,21). The number of esters is 1. The summed E-state index contributed by atoms with van der Waals surface area (Å²) in [5.41, 5.74) is 11.8. The summed E-state index contributed by atoms with van der Waals surface area (Å²) in [5, 5.41) is 0. The highest BCUT2D eigenvalue weighted by Crippen LogP contribution is 2.27. The Morgan fingerprint density at radius 3 is 2.39 bits per heavy atom. The number of carbonyl (C=O) groups is 1. The SMILES string of the molecule is Nc1ncc(CCCC(OC(=O)C(F)(F)F)c2cnc(N)[nH]2)[nH]1. The molecule has 0 aromatic carbocycles. The first-order chi connectivity index (χ1) is 10.8. The van der Waals surface area contributed by atoms with Gasteiger partial charge in [-0.2, -0.15) is 13.2 Å². The number of nitrogens with zero attached hydrogens (tertiary/aromatic N) is 2. The Labute approximate surface area is 128 Å². The van der Waals surface area contributed by atoms with Crippen LogP contribution in [0.25, 0.3) is 0 Å². The van der Waals surface area contributed by atoms with Crippen LogP contribution in [0.3, 0.4) is 0 Å². The number of halogens is 3. The molecule has 23 heavy (non-hydrogen) atoms. The normalized spacial score (nSPS) is 13.0. The number of aromatic amines is 2. The number of hydrogen-bond acceptors (Lipinski definition) is 6. The molecule has 0 aliphatic carbocycles. The number of alkyl halides is 3. The third kappa shape index (κ3) is 4.63. The summed E-state index contributed by atoms with van der Waals surface area (Å²) in [7, 11) is 0. The van der Waals surface area contributed by atoms with Crippen molar-refractivity contribution >= 4 is 17.9 Å². The van der Waals surface area contributed by atoms with Crippen LogP contribution in [-0.2, 0) is 16.0 Å². The summed E-state index contributed by atoms with van der Waals surface area (Å²) in [4.78, 5) is 23.9. The van der Waals surface area contributed by atoms with Crippen LogP contribution in [0.5, 0.6) is 0 Å². The van der Waals surface area contributed by atoms with Crippen LogP contribution < -0.4 is 11.5 Å². The van der Waals surface area contributed by atoms with Gasteiger partial charge in [-0.1, -0.05) is 0 Å². The van der Waals surface area contributed by atoms with Crippen LogP contribution in [0.1, 0.15) is 30.3 Å². The van der Waals surface area contributed by atoms with Crippen LogP contribution in [0.2, 0.25) is 0 Å². The van der Waals surface area contributed by atoms with E-state index in [-0.39, 0.29) is 24.0 Å². The van der Waals surface area contributed by atoms with Crippen molar-refractivity contribution in [2.45, 2.75) is 31.5 Å². The zero-order valence-corrected chi connectivity index (χ0v) is 11.9. The van der Waals surface area contributed by atoms with Crippen molar-refractivity contribution in [3.63, 3.8) is 0 Å². The zero-order valence-electron chi connectivity index (χ0n) is 11.9. The highest BCUT2D eigenvalue weighted by atomic mass is 19.4. The monoisotopic (exact) mass is 332 g/mol. The number of ether oxygens (including phenoxy) is 1. The summed E-state index contributed by atoms with van der Waals surface area (Å²) in [6.07, 6.45) is -2.39. The van der Waals surface area contributed by atoms with E-state index in [2.05, 4.69) is 24.7 Å². The van der Waals surface area contributed by atoms with Crippen LogP contribution >= 0.6 is 0 Å². The smallest absolute Gasteiger partial charge is 0.449 e. The molecule has 2 heterocycles. The fraction of sp³-hybridized carbons (Fsp3) is 0.417. The van der Waals surface area contributed by atoms with E-state index in [0.717, 1.165) is 5.69 Å². The molecule has 2 rings (SSSR count). The Hall–Kier alpha value is -2.72. The number of H-pyrrole nitrogens is 2. The second kappa shape index (κ2) is 6.58. The molecule has 1 atom stereocenters. The average molecular weight is 332 g/mol. The minimum atomic E-state index is -5.07. The van der Waals surface area contributed by atoms with E-state index >= 15 is 0 Å². The second-order valence-corrected chi connectivity index (χ2v) is 4.80. The van der Waals surface area contributed by atoms with Crippen molar-refractivity contribution in [1.82, 2.24) is 19.9 Å². The quantitative estimate of drug-likeness (QED) is 0.591. The third-order valence-electron chi connectivity index (χ3n) is 3.00. The average Bonchev–Trinajstić information content (AvgIpc) is 3.05. The molecule has 2 aromatic rings. The minimum Gasteiger partial charge on any atom is -0.449 e. The molecule has 0 saturated heterocycles. The second-order valence-electron chi connectivity index (χ2n) is 4.80.